The lowest BCUT2D eigenvalue weighted by Crippen LogP contribution is -2.42. The van der Waals surface area contributed by atoms with Gasteiger partial charge in [-0.25, -0.2) is 4.79 Å². The van der Waals surface area contributed by atoms with Gasteiger partial charge in [0.25, 0.3) is 0 Å². The lowest BCUT2D eigenvalue weighted by atomic mass is 9.96. The van der Waals surface area contributed by atoms with E-state index in [1.54, 1.807) is 6.92 Å². The number of rotatable bonds is 4. The molecule has 86 valence electrons. The molecular formula is C11H19NO3. The average Bonchev–Trinajstić information content (AvgIpc) is 2.18. The summed E-state index contributed by atoms with van der Waals surface area (Å²) in [5, 5.41) is 3.32. The van der Waals surface area contributed by atoms with Crippen molar-refractivity contribution in [3.05, 3.63) is 0 Å². The molecule has 0 amide bonds. The van der Waals surface area contributed by atoms with E-state index < -0.39 is 11.8 Å². The summed E-state index contributed by atoms with van der Waals surface area (Å²) in [4.78, 5) is 22.5. The van der Waals surface area contributed by atoms with Gasteiger partial charge >= 0.3 is 5.97 Å². The predicted molar refractivity (Wildman–Crippen MR) is 56.5 cm³/mol. The van der Waals surface area contributed by atoms with E-state index in [1.807, 2.05) is 0 Å². The molecule has 1 rings (SSSR count). The Morgan fingerprint density at radius 2 is 2.13 bits per heavy atom. The van der Waals surface area contributed by atoms with E-state index in [2.05, 4.69) is 17.0 Å². The largest absolute Gasteiger partial charge is 0.460 e. The Kier molecular flexibility index (Phi) is 4.75. The standard InChI is InChI=1S/C11H19NO3/c1-3-15-11(14)10(13)7-9-6-4-5-8(2)12-9/h8-9,12H,3-7H2,1-2H3. The number of nitrogens with one attached hydrogen (secondary N) is 1. The van der Waals surface area contributed by atoms with Crippen LogP contribution < -0.4 is 5.32 Å². The molecule has 15 heavy (non-hydrogen) atoms. The number of carbonyl (C=O) groups is 2. The first-order chi connectivity index (χ1) is 7.13. The number of hydrogen-bond donors (Lipinski definition) is 1. The van der Waals surface area contributed by atoms with Crippen LogP contribution in [0.4, 0.5) is 0 Å². The van der Waals surface area contributed by atoms with Crippen molar-refractivity contribution in [2.75, 3.05) is 6.61 Å². The number of Topliss-reactive ketones (excluding diaryl/α,β-unsaturated/α-hetero) is 1. The SMILES string of the molecule is CCOC(=O)C(=O)CC1CCCC(C)N1. The zero-order valence-electron chi connectivity index (χ0n) is 9.41. The molecule has 4 heteroatoms. The third-order valence-electron chi connectivity index (χ3n) is 2.64. The van der Waals surface area contributed by atoms with E-state index in [4.69, 9.17) is 0 Å². The minimum absolute atomic E-state index is 0.144. The van der Waals surface area contributed by atoms with Gasteiger partial charge in [-0.1, -0.05) is 6.42 Å². The van der Waals surface area contributed by atoms with Crippen LogP contribution in [-0.2, 0) is 14.3 Å². The summed E-state index contributed by atoms with van der Waals surface area (Å²) in [6.45, 7) is 4.06. The molecule has 0 saturated carbocycles. The molecule has 4 nitrogen and oxygen atoms in total. The topological polar surface area (TPSA) is 55.4 Å². The maximum Gasteiger partial charge on any atom is 0.374 e. The Morgan fingerprint density at radius 1 is 1.40 bits per heavy atom. The first kappa shape index (κ1) is 12.2. The highest BCUT2D eigenvalue weighted by Crippen LogP contribution is 2.14. The molecule has 0 aromatic carbocycles. The second-order valence-electron chi connectivity index (χ2n) is 4.04. The van der Waals surface area contributed by atoms with Crippen molar-refractivity contribution >= 4 is 11.8 Å². The van der Waals surface area contributed by atoms with Crippen LogP contribution in [0.1, 0.15) is 39.5 Å². The molecule has 0 spiro atoms. The quantitative estimate of drug-likeness (QED) is 0.560. The zero-order chi connectivity index (χ0) is 11.3. The summed E-state index contributed by atoms with van der Waals surface area (Å²) in [6, 6.07) is 0.587. The van der Waals surface area contributed by atoms with Crippen molar-refractivity contribution in [2.45, 2.75) is 51.6 Å². The van der Waals surface area contributed by atoms with Gasteiger partial charge in [-0.2, -0.15) is 0 Å². The molecule has 2 unspecified atom stereocenters. The lowest BCUT2D eigenvalue weighted by molar-refractivity contribution is -0.153. The van der Waals surface area contributed by atoms with Gasteiger partial charge in [0.2, 0.25) is 5.78 Å². The second-order valence-corrected chi connectivity index (χ2v) is 4.04. The Bertz CT molecular complexity index is 240. The fourth-order valence-electron chi connectivity index (χ4n) is 1.92. The Labute approximate surface area is 90.4 Å². The highest BCUT2D eigenvalue weighted by molar-refractivity contribution is 6.33. The van der Waals surface area contributed by atoms with Crippen molar-refractivity contribution in [2.24, 2.45) is 0 Å². The normalized spacial score (nSPS) is 26.0. The van der Waals surface area contributed by atoms with E-state index in [0.717, 1.165) is 19.3 Å². The smallest absolute Gasteiger partial charge is 0.374 e. The van der Waals surface area contributed by atoms with Crippen LogP contribution in [0.3, 0.4) is 0 Å². The third kappa shape index (κ3) is 4.00. The van der Waals surface area contributed by atoms with E-state index in [1.165, 1.54) is 0 Å². The van der Waals surface area contributed by atoms with Crippen molar-refractivity contribution in [1.82, 2.24) is 5.32 Å². The molecule has 1 N–H and O–H groups in total. The highest BCUT2D eigenvalue weighted by atomic mass is 16.5. The minimum Gasteiger partial charge on any atom is -0.460 e. The number of esters is 1. The van der Waals surface area contributed by atoms with Gasteiger partial charge in [0, 0.05) is 18.5 Å². The zero-order valence-corrected chi connectivity index (χ0v) is 9.41. The molecule has 1 aliphatic rings. The van der Waals surface area contributed by atoms with E-state index in [0.29, 0.717) is 6.04 Å². The molecular weight excluding hydrogens is 194 g/mol. The summed E-state index contributed by atoms with van der Waals surface area (Å²) in [6.07, 6.45) is 3.50. The maximum atomic E-state index is 11.4. The lowest BCUT2D eigenvalue weighted by Gasteiger charge is -2.27. The summed E-state index contributed by atoms with van der Waals surface area (Å²) in [5.74, 6) is -1.11. The van der Waals surface area contributed by atoms with Crippen LogP contribution in [0, 0.1) is 0 Å². The summed E-state index contributed by atoms with van der Waals surface area (Å²) >= 11 is 0. The van der Waals surface area contributed by atoms with Gasteiger partial charge in [0.1, 0.15) is 0 Å². The molecule has 0 aromatic heterocycles. The molecule has 1 heterocycles. The van der Waals surface area contributed by atoms with Crippen LogP contribution in [-0.4, -0.2) is 30.4 Å². The maximum absolute atomic E-state index is 11.4. The van der Waals surface area contributed by atoms with Crippen LogP contribution >= 0.6 is 0 Å². The van der Waals surface area contributed by atoms with Crippen LogP contribution in [0.2, 0.25) is 0 Å². The monoisotopic (exact) mass is 213 g/mol. The highest BCUT2D eigenvalue weighted by Gasteiger charge is 2.24. The molecule has 2 atom stereocenters. The first-order valence-electron chi connectivity index (χ1n) is 5.59. The Hall–Kier alpha value is -0.900. The van der Waals surface area contributed by atoms with Crippen molar-refractivity contribution in [3.63, 3.8) is 0 Å². The molecule has 1 aliphatic heterocycles. The number of ketones is 1. The van der Waals surface area contributed by atoms with Gasteiger partial charge < -0.3 is 10.1 Å². The molecule has 1 saturated heterocycles. The number of carbonyl (C=O) groups excluding carboxylic acids is 2. The number of ether oxygens (including phenoxy) is 1. The van der Waals surface area contributed by atoms with E-state index in [-0.39, 0.29) is 19.1 Å². The number of hydrogen-bond acceptors (Lipinski definition) is 4. The van der Waals surface area contributed by atoms with Gasteiger partial charge in [-0.15, -0.1) is 0 Å². The summed E-state index contributed by atoms with van der Waals surface area (Å²) < 4.78 is 4.66. The summed E-state index contributed by atoms with van der Waals surface area (Å²) in [5.41, 5.74) is 0. The molecule has 0 bridgehead atoms. The first-order valence-corrected chi connectivity index (χ1v) is 5.59. The third-order valence-corrected chi connectivity index (χ3v) is 2.64. The number of piperidine rings is 1. The van der Waals surface area contributed by atoms with Gasteiger partial charge in [-0.3, -0.25) is 4.79 Å². The van der Waals surface area contributed by atoms with E-state index >= 15 is 0 Å². The molecule has 0 radical (unpaired) electrons. The van der Waals surface area contributed by atoms with E-state index in [9.17, 15) is 9.59 Å². The van der Waals surface area contributed by atoms with Gasteiger partial charge in [-0.05, 0) is 26.7 Å². The van der Waals surface area contributed by atoms with Crippen LogP contribution in [0.25, 0.3) is 0 Å². The van der Waals surface area contributed by atoms with Crippen molar-refractivity contribution in [3.8, 4) is 0 Å². The fourth-order valence-corrected chi connectivity index (χ4v) is 1.92. The average molecular weight is 213 g/mol. The molecule has 1 fully saturated rings. The van der Waals surface area contributed by atoms with Gasteiger partial charge in [0.15, 0.2) is 0 Å². The fraction of sp³-hybridized carbons (Fsp3) is 0.818. The molecule has 0 aliphatic carbocycles. The Morgan fingerprint density at radius 3 is 2.73 bits per heavy atom. The van der Waals surface area contributed by atoms with Crippen molar-refractivity contribution < 1.29 is 14.3 Å². The van der Waals surface area contributed by atoms with Crippen LogP contribution in [0.15, 0.2) is 0 Å². The van der Waals surface area contributed by atoms with Crippen molar-refractivity contribution in [1.29, 1.82) is 0 Å². The summed E-state index contributed by atoms with van der Waals surface area (Å²) in [7, 11) is 0. The molecule has 0 aromatic rings. The van der Waals surface area contributed by atoms with Gasteiger partial charge in [0.05, 0.1) is 6.61 Å². The Balaban J connectivity index is 2.33. The second kappa shape index (κ2) is 5.85. The predicted octanol–water partition coefficient (Wildman–Crippen LogP) is 1.04. The minimum atomic E-state index is -0.697. The van der Waals surface area contributed by atoms with Crippen LogP contribution in [0.5, 0.6) is 0 Å².